The van der Waals surface area contributed by atoms with E-state index in [2.05, 4.69) is 25.5 Å². The third kappa shape index (κ3) is 3.69. The van der Waals surface area contributed by atoms with Gasteiger partial charge in [0.05, 0.1) is 28.9 Å². The summed E-state index contributed by atoms with van der Waals surface area (Å²) in [6, 6.07) is 14.7. The molecule has 0 radical (unpaired) electrons. The zero-order valence-electron chi connectivity index (χ0n) is 17.6. The largest absolute Gasteiger partial charge is 0.389 e. The fraction of sp³-hybridized carbons (Fsp3) is 0.174. The molecule has 0 bridgehead atoms. The molecule has 0 aliphatic carbocycles. The van der Waals surface area contributed by atoms with Gasteiger partial charge < -0.3 is 9.67 Å². The number of carbonyl (C=O) groups is 1. The molecule has 0 atom stereocenters. The summed E-state index contributed by atoms with van der Waals surface area (Å²) in [4.78, 5) is 22.1. The van der Waals surface area contributed by atoms with Gasteiger partial charge in [-0.2, -0.15) is 0 Å². The van der Waals surface area contributed by atoms with Gasteiger partial charge in [0.25, 0.3) is 5.91 Å². The molecule has 32 heavy (non-hydrogen) atoms. The first-order valence-corrected chi connectivity index (χ1v) is 10.1. The van der Waals surface area contributed by atoms with E-state index in [0.29, 0.717) is 22.9 Å². The minimum Gasteiger partial charge on any atom is -0.389 e. The molecular formula is C23H21N7O2. The van der Waals surface area contributed by atoms with Gasteiger partial charge in [-0.3, -0.25) is 19.5 Å². The number of carbonyl (C=O) groups excluding carboxylic acids is 1. The van der Waals surface area contributed by atoms with E-state index in [1.165, 1.54) is 0 Å². The molecule has 9 heteroatoms. The maximum absolute atomic E-state index is 13.1. The summed E-state index contributed by atoms with van der Waals surface area (Å²) < 4.78 is 3.61. The summed E-state index contributed by atoms with van der Waals surface area (Å²) in [5.74, 6) is 0.0469. The summed E-state index contributed by atoms with van der Waals surface area (Å²) >= 11 is 0. The molecule has 0 aliphatic rings. The van der Waals surface area contributed by atoms with Crippen LogP contribution < -0.4 is 5.32 Å². The number of benzene rings is 1. The number of hydrogen-bond donors (Lipinski definition) is 2. The van der Waals surface area contributed by atoms with Crippen LogP contribution in [0.1, 0.15) is 24.2 Å². The average Bonchev–Trinajstić information content (AvgIpc) is 3.38. The second-order valence-corrected chi connectivity index (χ2v) is 8.19. The number of pyridine rings is 2. The van der Waals surface area contributed by atoms with E-state index in [9.17, 15) is 9.90 Å². The predicted octanol–water partition coefficient (Wildman–Crippen LogP) is 3.16. The number of anilines is 1. The maximum atomic E-state index is 13.1. The summed E-state index contributed by atoms with van der Waals surface area (Å²) in [7, 11) is 0. The van der Waals surface area contributed by atoms with E-state index in [1.54, 1.807) is 42.9 Å². The Morgan fingerprint density at radius 1 is 1.16 bits per heavy atom. The van der Waals surface area contributed by atoms with E-state index in [4.69, 9.17) is 0 Å². The summed E-state index contributed by atoms with van der Waals surface area (Å²) in [5.41, 5.74) is 3.06. The lowest BCUT2D eigenvalue weighted by atomic mass is 10.1. The number of para-hydroxylation sites is 2. The van der Waals surface area contributed by atoms with Crippen molar-refractivity contribution in [3.05, 3.63) is 72.8 Å². The van der Waals surface area contributed by atoms with Crippen molar-refractivity contribution in [2.24, 2.45) is 0 Å². The molecule has 0 aliphatic heterocycles. The van der Waals surface area contributed by atoms with Gasteiger partial charge in [0.15, 0.2) is 5.65 Å². The lowest BCUT2D eigenvalue weighted by Gasteiger charge is -2.20. The van der Waals surface area contributed by atoms with Crippen LogP contribution in [0.25, 0.3) is 27.9 Å². The minimum atomic E-state index is -0.982. The van der Waals surface area contributed by atoms with Crippen LogP contribution in [0, 0.1) is 0 Å². The second kappa shape index (κ2) is 7.54. The Labute approximate surface area is 183 Å². The normalized spacial score (nSPS) is 11.8. The zero-order chi connectivity index (χ0) is 22.3. The molecule has 0 fully saturated rings. The molecular weight excluding hydrogens is 406 g/mol. The second-order valence-electron chi connectivity index (χ2n) is 8.19. The van der Waals surface area contributed by atoms with Crippen molar-refractivity contribution in [2.45, 2.75) is 26.0 Å². The van der Waals surface area contributed by atoms with Crippen LogP contribution in [-0.2, 0) is 6.54 Å². The van der Waals surface area contributed by atoms with Crippen molar-refractivity contribution < 1.29 is 9.90 Å². The average molecular weight is 427 g/mol. The van der Waals surface area contributed by atoms with Gasteiger partial charge in [-0.25, -0.2) is 4.98 Å². The first-order chi connectivity index (χ1) is 15.4. The van der Waals surface area contributed by atoms with E-state index in [1.807, 2.05) is 47.2 Å². The van der Waals surface area contributed by atoms with Crippen LogP contribution in [0.4, 0.5) is 5.95 Å². The Morgan fingerprint density at radius 3 is 2.84 bits per heavy atom. The molecule has 5 aromatic rings. The van der Waals surface area contributed by atoms with Gasteiger partial charge in [-0.05, 0) is 50.2 Å². The first kappa shape index (κ1) is 19.8. The Kier molecular flexibility index (Phi) is 4.67. The molecule has 1 aromatic carbocycles. The van der Waals surface area contributed by atoms with Gasteiger partial charge in [-0.15, -0.1) is 10.2 Å². The minimum absolute atomic E-state index is 0.277. The van der Waals surface area contributed by atoms with E-state index in [-0.39, 0.29) is 12.5 Å². The van der Waals surface area contributed by atoms with Crippen molar-refractivity contribution in [2.75, 3.05) is 5.32 Å². The van der Waals surface area contributed by atoms with E-state index < -0.39 is 5.60 Å². The highest BCUT2D eigenvalue weighted by Crippen LogP contribution is 2.24. The third-order valence-corrected chi connectivity index (χ3v) is 5.05. The van der Waals surface area contributed by atoms with Gasteiger partial charge in [0.2, 0.25) is 5.95 Å². The number of hydrogen-bond acceptors (Lipinski definition) is 6. The van der Waals surface area contributed by atoms with Gasteiger partial charge >= 0.3 is 0 Å². The Balaban J connectivity index is 1.50. The summed E-state index contributed by atoms with van der Waals surface area (Å²) in [6.45, 7) is 3.71. The Hall–Kier alpha value is -4.11. The number of aliphatic hydroxyl groups is 1. The number of amides is 1. The standard InChI is InChI=1S/C23H21N7O2/c1-23(2,32)13-30-19-8-4-3-7-17(19)26-22(30)27-21(31)15-9-10-24-18(12-15)16-6-5-11-29-14-25-28-20(16)29/h3-12,14,32H,13H2,1-2H3,(H,26,27,31). The molecule has 160 valence electrons. The first-order valence-electron chi connectivity index (χ1n) is 10.1. The van der Waals surface area contributed by atoms with Crippen LogP contribution in [0.2, 0.25) is 0 Å². The van der Waals surface area contributed by atoms with Crippen LogP contribution >= 0.6 is 0 Å². The SMILES string of the molecule is CC(C)(O)Cn1c(NC(=O)c2ccnc(-c3cccn4cnnc34)c2)nc2ccccc21. The molecule has 4 aromatic heterocycles. The number of aromatic nitrogens is 6. The molecule has 0 spiro atoms. The summed E-state index contributed by atoms with van der Waals surface area (Å²) in [6.07, 6.45) is 5.05. The third-order valence-electron chi connectivity index (χ3n) is 5.05. The van der Waals surface area contributed by atoms with Gasteiger partial charge in [0, 0.05) is 23.5 Å². The van der Waals surface area contributed by atoms with Gasteiger partial charge in [-0.1, -0.05) is 12.1 Å². The molecule has 9 nitrogen and oxygen atoms in total. The van der Waals surface area contributed by atoms with E-state index >= 15 is 0 Å². The van der Waals surface area contributed by atoms with Crippen LogP contribution in [0.15, 0.2) is 67.3 Å². The highest BCUT2D eigenvalue weighted by molar-refractivity contribution is 6.04. The highest BCUT2D eigenvalue weighted by Gasteiger charge is 2.21. The Bertz CT molecular complexity index is 1450. The molecule has 0 saturated carbocycles. The fourth-order valence-electron chi connectivity index (χ4n) is 3.66. The number of fused-ring (bicyclic) bond motifs is 2. The number of rotatable bonds is 5. The maximum Gasteiger partial charge on any atom is 0.258 e. The highest BCUT2D eigenvalue weighted by atomic mass is 16.3. The van der Waals surface area contributed by atoms with Gasteiger partial charge in [0.1, 0.15) is 6.33 Å². The number of nitrogens with zero attached hydrogens (tertiary/aromatic N) is 6. The van der Waals surface area contributed by atoms with Crippen molar-refractivity contribution in [1.82, 2.24) is 29.1 Å². The van der Waals surface area contributed by atoms with Crippen LogP contribution in [0.3, 0.4) is 0 Å². The van der Waals surface area contributed by atoms with Crippen LogP contribution in [0.5, 0.6) is 0 Å². The topological polar surface area (TPSA) is 110 Å². The van der Waals surface area contributed by atoms with Crippen molar-refractivity contribution in [1.29, 1.82) is 0 Å². The molecule has 0 unspecified atom stereocenters. The lowest BCUT2D eigenvalue weighted by Crippen LogP contribution is -2.27. The monoisotopic (exact) mass is 427 g/mol. The fourth-order valence-corrected chi connectivity index (χ4v) is 3.66. The van der Waals surface area contributed by atoms with E-state index in [0.717, 1.165) is 16.6 Å². The number of nitrogens with one attached hydrogen (secondary N) is 1. The Morgan fingerprint density at radius 2 is 2.00 bits per heavy atom. The van der Waals surface area contributed by atoms with Crippen molar-refractivity contribution in [3.63, 3.8) is 0 Å². The van der Waals surface area contributed by atoms with Crippen molar-refractivity contribution in [3.8, 4) is 11.3 Å². The zero-order valence-corrected chi connectivity index (χ0v) is 17.6. The van der Waals surface area contributed by atoms with Crippen LogP contribution in [-0.4, -0.2) is 45.7 Å². The molecule has 4 heterocycles. The van der Waals surface area contributed by atoms with Crippen molar-refractivity contribution >= 4 is 28.5 Å². The number of imidazole rings is 1. The quantitative estimate of drug-likeness (QED) is 0.446. The summed E-state index contributed by atoms with van der Waals surface area (Å²) in [5, 5.41) is 21.3. The smallest absolute Gasteiger partial charge is 0.258 e. The predicted molar refractivity (Wildman–Crippen MR) is 120 cm³/mol. The molecule has 5 rings (SSSR count). The lowest BCUT2D eigenvalue weighted by molar-refractivity contribution is 0.0630. The molecule has 2 N–H and O–H groups in total. The molecule has 0 saturated heterocycles. The molecule has 1 amide bonds.